The van der Waals surface area contributed by atoms with Gasteiger partial charge in [-0.05, 0) is 35.4 Å². The summed E-state index contributed by atoms with van der Waals surface area (Å²) in [6, 6.07) is 11.6. The average Bonchev–Trinajstić information content (AvgIpc) is 2.39. The lowest BCUT2D eigenvalue weighted by Gasteiger charge is -2.19. The van der Waals surface area contributed by atoms with Crippen LogP contribution in [-0.2, 0) is 0 Å². The first-order chi connectivity index (χ1) is 8.18. The smallest absolute Gasteiger partial charge is 0.0855 e. The maximum absolute atomic E-state index is 10.3. The van der Waals surface area contributed by atoms with Gasteiger partial charge in [0.15, 0.2) is 0 Å². The van der Waals surface area contributed by atoms with Crippen LogP contribution in [-0.4, -0.2) is 10.1 Å². The maximum Gasteiger partial charge on any atom is 0.0855 e. The highest BCUT2D eigenvalue weighted by Gasteiger charge is 2.17. The van der Waals surface area contributed by atoms with Gasteiger partial charge in [-0.3, -0.25) is 4.98 Å². The van der Waals surface area contributed by atoms with Crippen LogP contribution in [0.25, 0.3) is 0 Å². The minimum Gasteiger partial charge on any atom is -0.388 e. The van der Waals surface area contributed by atoms with Crippen molar-refractivity contribution >= 4 is 15.9 Å². The third kappa shape index (κ3) is 2.93. The first-order valence-electron chi connectivity index (χ1n) is 5.52. The summed E-state index contributed by atoms with van der Waals surface area (Å²) in [4.78, 5) is 3.98. The van der Waals surface area contributed by atoms with Crippen LogP contribution >= 0.6 is 15.9 Å². The summed E-state index contributed by atoms with van der Waals surface area (Å²) >= 11 is 3.39. The van der Waals surface area contributed by atoms with Crippen molar-refractivity contribution in [2.24, 2.45) is 0 Å². The molecule has 0 aliphatic carbocycles. The summed E-state index contributed by atoms with van der Waals surface area (Å²) in [5.41, 5.74) is 2.02. The third-order valence-corrected chi connectivity index (χ3v) is 3.45. The number of halogens is 1. The van der Waals surface area contributed by atoms with E-state index in [9.17, 15) is 5.11 Å². The highest BCUT2D eigenvalue weighted by atomic mass is 79.9. The SMILES string of the molecule is CC(c1ccncc1)C(O)c1ccc(Br)cc1. The molecule has 2 atom stereocenters. The molecule has 0 radical (unpaired) electrons. The molecule has 3 heteroatoms. The van der Waals surface area contributed by atoms with Crippen molar-refractivity contribution < 1.29 is 5.11 Å². The van der Waals surface area contributed by atoms with Gasteiger partial charge in [-0.25, -0.2) is 0 Å². The molecule has 0 amide bonds. The Morgan fingerprint density at radius 3 is 2.18 bits per heavy atom. The Morgan fingerprint density at radius 1 is 1.00 bits per heavy atom. The monoisotopic (exact) mass is 291 g/mol. The van der Waals surface area contributed by atoms with Crippen LogP contribution in [0, 0.1) is 0 Å². The number of aliphatic hydroxyl groups excluding tert-OH is 1. The second-order valence-corrected chi connectivity index (χ2v) is 4.98. The molecule has 1 heterocycles. The summed E-state index contributed by atoms with van der Waals surface area (Å²) < 4.78 is 1.02. The van der Waals surface area contributed by atoms with E-state index in [2.05, 4.69) is 20.9 Å². The van der Waals surface area contributed by atoms with Crippen LogP contribution in [0.3, 0.4) is 0 Å². The van der Waals surface area contributed by atoms with Gasteiger partial charge in [0.1, 0.15) is 0 Å². The predicted molar refractivity (Wildman–Crippen MR) is 71.8 cm³/mol. The zero-order valence-electron chi connectivity index (χ0n) is 9.55. The number of hydrogen-bond donors (Lipinski definition) is 1. The van der Waals surface area contributed by atoms with E-state index in [0.717, 1.165) is 15.6 Å². The quantitative estimate of drug-likeness (QED) is 0.936. The van der Waals surface area contributed by atoms with E-state index in [1.54, 1.807) is 12.4 Å². The molecule has 1 N–H and O–H groups in total. The molecule has 1 aromatic carbocycles. The van der Waals surface area contributed by atoms with Crippen molar-refractivity contribution in [1.29, 1.82) is 0 Å². The lowest BCUT2D eigenvalue weighted by atomic mass is 9.91. The number of nitrogens with zero attached hydrogens (tertiary/aromatic N) is 1. The number of aromatic nitrogens is 1. The number of pyridine rings is 1. The predicted octanol–water partition coefficient (Wildman–Crippen LogP) is 3.68. The lowest BCUT2D eigenvalue weighted by Crippen LogP contribution is -2.07. The number of benzene rings is 1. The summed E-state index contributed by atoms with van der Waals surface area (Å²) in [7, 11) is 0. The molecule has 2 rings (SSSR count). The normalized spacial score (nSPS) is 14.3. The van der Waals surface area contributed by atoms with Crippen LogP contribution in [0.2, 0.25) is 0 Å². The second kappa shape index (κ2) is 5.43. The van der Waals surface area contributed by atoms with Gasteiger partial charge in [0.05, 0.1) is 6.10 Å². The highest BCUT2D eigenvalue weighted by molar-refractivity contribution is 9.10. The first kappa shape index (κ1) is 12.3. The Kier molecular flexibility index (Phi) is 3.92. The number of rotatable bonds is 3. The molecule has 17 heavy (non-hydrogen) atoms. The van der Waals surface area contributed by atoms with E-state index < -0.39 is 6.10 Å². The zero-order chi connectivity index (χ0) is 12.3. The largest absolute Gasteiger partial charge is 0.388 e. The van der Waals surface area contributed by atoms with Gasteiger partial charge in [-0.15, -0.1) is 0 Å². The van der Waals surface area contributed by atoms with Gasteiger partial charge >= 0.3 is 0 Å². The summed E-state index contributed by atoms with van der Waals surface area (Å²) in [5.74, 6) is 0.0548. The van der Waals surface area contributed by atoms with Gasteiger partial charge in [-0.1, -0.05) is 35.0 Å². The van der Waals surface area contributed by atoms with Crippen molar-refractivity contribution in [3.8, 4) is 0 Å². The van der Waals surface area contributed by atoms with E-state index >= 15 is 0 Å². The van der Waals surface area contributed by atoms with Crippen molar-refractivity contribution in [2.75, 3.05) is 0 Å². The molecule has 2 unspecified atom stereocenters. The Labute approximate surface area is 109 Å². The second-order valence-electron chi connectivity index (χ2n) is 4.07. The van der Waals surface area contributed by atoms with Crippen LogP contribution in [0.1, 0.15) is 30.1 Å². The molecule has 0 bridgehead atoms. The summed E-state index contributed by atoms with van der Waals surface area (Å²) in [6.07, 6.45) is 3.01. The molecule has 0 saturated heterocycles. The maximum atomic E-state index is 10.3. The van der Waals surface area contributed by atoms with Gasteiger partial charge < -0.3 is 5.11 Å². The fraction of sp³-hybridized carbons (Fsp3) is 0.214. The molecular weight excluding hydrogens is 278 g/mol. The van der Waals surface area contributed by atoms with E-state index in [-0.39, 0.29) is 5.92 Å². The molecule has 0 saturated carbocycles. The minimum absolute atomic E-state index is 0.0548. The number of hydrogen-bond acceptors (Lipinski definition) is 2. The Balaban J connectivity index is 2.20. The van der Waals surface area contributed by atoms with E-state index in [1.165, 1.54) is 0 Å². The van der Waals surface area contributed by atoms with E-state index in [0.29, 0.717) is 0 Å². The van der Waals surface area contributed by atoms with Crippen molar-refractivity contribution in [2.45, 2.75) is 18.9 Å². The molecule has 0 aliphatic rings. The fourth-order valence-corrected chi connectivity index (χ4v) is 2.06. The fourth-order valence-electron chi connectivity index (χ4n) is 1.80. The van der Waals surface area contributed by atoms with Gasteiger partial charge in [0.2, 0.25) is 0 Å². The average molecular weight is 292 g/mol. The van der Waals surface area contributed by atoms with Gasteiger partial charge in [0, 0.05) is 22.8 Å². The molecule has 2 aromatic rings. The molecule has 0 aliphatic heterocycles. The summed E-state index contributed by atoms with van der Waals surface area (Å²) in [6.45, 7) is 2.02. The standard InChI is InChI=1S/C14H14BrNO/c1-10(11-6-8-16-9-7-11)14(17)12-2-4-13(15)5-3-12/h2-10,14,17H,1H3. The topological polar surface area (TPSA) is 33.1 Å². The van der Waals surface area contributed by atoms with Crippen molar-refractivity contribution in [1.82, 2.24) is 4.98 Å². The van der Waals surface area contributed by atoms with Gasteiger partial charge in [-0.2, -0.15) is 0 Å². The first-order valence-corrected chi connectivity index (χ1v) is 6.31. The van der Waals surface area contributed by atoms with Crippen LogP contribution in [0.5, 0.6) is 0 Å². The van der Waals surface area contributed by atoms with E-state index in [1.807, 2.05) is 43.3 Å². The van der Waals surface area contributed by atoms with Crippen molar-refractivity contribution in [3.05, 3.63) is 64.4 Å². The Hall–Kier alpha value is -1.19. The van der Waals surface area contributed by atoms with Crippen LogP contribution in [0.15, 0.2) is 53.3 Å². The van der Waals surface area contributed by atoms with Gasteiger partial charge in [0.25, 0.3) is 0 Å². The van der Waals surface area contributed by atoms with Crippen molar-refractivity contribution in [3.63, 3.8) is 0 Å². The van der Waals surface area contributed by atoms with E-state index in [4.69, 9.17) is 0 Å². The molecule has 0 spiro atoms. The molecule has 1 aromatic heterocycles. The highest BCUT2D eigenvalue weighted by Crippen LogP contribution is 2.30. The molecular formula is C14H14BrNO. The molecule has 88 valence electrons. The minimum atomic E-state index is -0.495. The Morgan fingerprint density at radius 2 is 1.59 bits per heavy atom. The number of aliphatic hydroxyl groups is 1. The zero-order valence-corrected chi connectivity index (χ0v) is 11.1. The summed E-state index contributed by atoms with van der Waals surface area (Å²) in [5, 5.41) is 10.3. The Bertz CT molecular complexity index is 469. The molecule has 2 nitrogen and oxygen atoms in total. The third-order valence-electron chi connectivity index (χ3n) is 2.92. The van der Waals surface area contributed by atoms with Crippen LogP contribution < -0.4 is 0 Å². The lowest BCUT2D eigenvalue weighted by molar-refractivity contribution is 0.151. The molecule has 0 fully saturated rings. The van der Waals surface area contributed by atoms with Crippen LogP contribution in [0.4, 0.5) is 0 Å².